The number of nitrogens with zero attached hydrogens (tertiary/aromatic N) is 4. The minimum atomic E-state index is -0.761. The van der Waals surface area contributed by atoms with E-state index >= 15 is 0 Å². The number of nitrogens with one attached hydrogen (secondary N) is 2. The van der Waals surface area contributed by atoms with Gasteiger partial charge in [0.1, 0.15) is 5.82 Å². The number of amides is 1. The average Bonchev–Trinajstić information content (AvgIpc) is 2.78. The summed E-state index contributed by atoms with van der Waals surface area (Å²) in [5, 5.41) is 6.24. The van der Waals surface area contributed by atoms with Crippen LogP contribution in [0.5, 0.6) is 0 Å². The molecule has 172 valence electrons. The molecule has 2 aromatic heterocycles. The molecule has 1 saturated heterocycles. The lowest BCUT2D eigenvalue weighted by Gasteiger charge is -2.34. The summed E-state index contributed by atoms with van der Waals surface area (Å²) < 4.78 is 14.7. The maximum Gasteiger partial charge on any atom is 0.252 e. The second-order valence-electron chi connectivity index (χ2n) is 8.63. The molecule has 2 aliphatic rings. The maximum absolute atomic E-state index is 14.7. The molecule has 0 bridgehead atoms. The molecular weight excluding hydrogens is 411 g/mol. The molecule has 10 heteroatoms. The molecule has 2 fully saturated rings. The van der Waals surface area contributed by atoms with Gasteiger partial charge >= 0.3 is 0 Å². The molecule has 0 radical (unpaired) electrons. The van der Waals surface area contributed by atoms with E-state index in [0.29, 0.717) is 5.69 Å². The van der Waals surface area contributed by atoms with Crippen molar-refractivity contribution in [1.82, 2.24) is 14.9 Å². The molecule has 1 unspecified atom stereocenters. The number of nitrogens with two attached hydrogens (primary N) is 2. The minimum absolute atomic E-state index is 0.0222. The number of hydrogen-bond acceptors (Lipinski definition) is 8. The molecular formula is C22H31FN8O. The van der Waals surface area contributed by atoms with E-state index in [0.717, 1.165) is 63.6 Å². The molecule has 9 nitrogen and oxygen atoms in total. The lowest BCUT2D eigenvalue weighted by Crippen LogP contribution is -2.44. The zero-order valence-corrected chi connectivity index (χ0v) is 18.4. The van der Waals surface area contributed by atoms with Crippen LogP contribution in [-0.4, -0.2) is 66.1 Å². The lowest BCUT2D eigenvalue weighted by atomic mass is 9.91. The average molecular weight is 443 g/mol. The highest BCUT2D eigenvalue weighted by molar-refractivity contribution is 5.98. The van der Waals surface area contributed by atoms with Crippen molar-refractivity contribution in [2.75, 3.05) is 48.8 Å². The summed E-state index contributed by atoms with van der Waals surface area (Å²) in [6, 6.07) is 2.92. The second-order valence-corrected chi connectivity index (χ2v) is 8.63. The molecule has 2 atom stereocenters. The number of carbonyl (C=O) groups is 1. The van der Waals surface area contributed by atoms with Crippen molar-refractivity contribution in [1.29, 1.82) is 0 Å². The van der Waals surface area contributed by atoms with Crippen LogP contribution in [0.2, 0.25) is 0 Å². The first-order chi connectivity index (χ1) is 15.4. The number of anilines is 4. The van der Waals surface area contributed by atoms with E-state index < -0.39 is 11.7 Å². The molecule has 6 N–H and O–H groups in total. The largest absolute Gasteiger partial charge is 0.368 e. The Morgan fingerprint density at radius 3 is 2.59 bits per heavy atom. The quantitative estimate of drug-likeness (QED) is 0.534. The van der Waals surface area contributed by atoms with Crippen molar-refractivity contribution in [3.8, 4) is 0 Å². The molecule has 1 saturated carbocycles. The van der Waals surface area contributed by atoms with Gasteiger partial charge in [0.05, 0.1) is 29.3 Å². The number of rotatable bonds is 6. The Morgan fingerprint density at radius 1 is 1.12 bits per heavy atom. The monoisotopic (exact) mass is 442 g/mol. The van der Waals surface area contributed by atoms with Crippen molar-refractivity contribution in [3.63, 3.8) is 0 Å². The van der Waals surface area contributed by atoms with Crippen LogP contribution in [-0.2, 0) is 0 Å². The standard InChI is InChI=1S/C22H31FN8O/c1-30-6-8-31(9-7-30)15-10-14(12-26-13-15)27-21-16(20(25)32)11-17(23)22(29-21)28-19-5-3-2-4-18(19)24/h10-13,18-19H,2-9,24H2,1H3,(H2,25,32)(H2,27,28,29)/t18-,19?/m0/s1. The normalized spacial score (nSPS) is 21.9. The predicted octanol–water partition coefficient (Wildman–Crippen LogP) is 1.89. The lowest BCUT2D eigenvalue weighted by molar-refractivity contribution is 0.100. The fourth-order valence-corrected chi connectivity index (χ4v) is 4.26. The van der Waals surface area contributed by atoms with Gasteiger partial charge in [0.15, 0.2) is 11.6 Å². The van der Waals surface area contributed by atoms with Crippen LogP contribution >= 0.6 is 0 Å². The van der Waals surface area contributed by atoms with E-state index in [1.54, 1.807) is 12.4 Å². The van der Waals surface area contributed by atoms with Gasteiger partial charge in [0.25, 0.3) is 5.91 Å². The third kappa shape index (κ3) is 5.08. The Kier molecular flexibility index (Phi) is 6.71. The van der Waals surface area contributed by atoms with Crippen molar-refractivity contribution < 1.29 is 9.18 Å². The number of piperazine rings is 1. The number of halogens is 1. The molecule has 4 rings (SSSR count). The third-order valence-corrected chi connectivity index (χ3v) is 6.24. The first-order valence-electron chi connectivity index (χ1n) is 11.1. The first kappa shape index (κ1) is 22.2. The summed E-state index contributed by atoms with van der Waals surface area (Å²) >= 11 is 0. The number of aromatic nitrogens is 2. The van der Waals surface area contributed by atoms with Crippen LogP contribution in [0.4, 0.5) is 27.4 Å². The van der Waals surface area contributed by atoms with Gasteiger partial charge in [-0.25, -0.2) is 9.37 Å². The fraction of sp³-hybridized carbons (Fsp3) is 0.500. The van der Waals surface area contributed by atoms with Crippen LogP contribution in [0.25, 0.3) is 0 Å². The van der Waals surface area contributed by atoms with E-state index in [9.17, 15) is 9.18 Å². The van der Waals surface area contributed by atoms with Crippen LogP contribution < -0.4 is 27.0 Å². The third-order valence-electron chi connectivity index (χ3n) is 6.24. The van der Waals surface area contributed by atoms with Crippen molar-refractivity contribution in [3.05, 3.63) is 35.9 Å². The van der Waals surface area contributed by atoms with Crippen molar-refractivity contribution in [2.45, 2.75) is 37.8 Å². The molecule has 3 heterocycles. The van der Waals surface area contributed by atoms with Gasteiger partial charge in [-0.3, -0.25) is 9.78 Å². The fourth-order valence-electron chi connectivity index (χ4n) is 4.26. The zero-order valence-electron chi connectivity index (χ0n) is 18.4. The molecule has 2 aromatic rings. The smallest absolute Gasteiger partial charge is 0.252 e. The van der Waals surface area contributed by atoms with Crippen LogP contribution in [0.1, 0.15) is 36.0 Å². The maximum atomic E-state index is 14.7. The molecule has 1 aliphatic carbocycles. The minimum Gasteiger partial charge on any atom is -0.368 e. The second kappa shape index (κ2) is 9.66. The molecule has 1 amide bonds. The molecule has 1 aliphatic heterocycles. The summed E-state index contributed by atoms with van der Waals surface area (Å²) in [4.78, 5) is 25.2. The number of likely N-dealkylation sites (N-methyl/N-ethyl adjacent to an activating group) is 1. The number of carbonyl (C=O) groups excluding carboxylic acids is 1. The van der Waals surface area contributed by atoms with E-state index in [1.807, 2.05) is 6.07 Å². The highest BCUT2D eigenvalue weighted by Gasteiger charge is 2.24. The number of pyridine rings is 2. The van der Waals surface area contributed by atoms with Gasteiger partial charge in [-0.05, 0) is 32.0 Å². The van der Waals surface area contributed by atoms with Gasteiger partial charge in [0.2, 0.25) is 0 Å². The Bertz CT molecular complexity index is 963. The summed E-state index contributed by atoms with van der Waals surface area (Å²) in [5.74, 6) is -1.15. The van der Waals surface area contributed by atoms with Crippen LogP contribution in [0.15, 0.2) is 24.5 Å². The van der Waals surface area contributed by atoms with Gasteiger partial charge in [0, 0.05) is 38.3 Å². The summed E-state index contributed by atoms with van der Waals surface area (Å²) in [6.45, 7) is 3.75. The highest BCUT2D eigenvalue weighted by Crippen LogP contribution is 2.28. The van der Waals surface area contributed by atoms with Crippen molar-refractivity contribution in [2.24, 2.45) is 11.5 Å². The van der Waals surface area contributed by atoms with E-state index in [1.165, 1.54) is 0 Å². The number of primary amides is 1. The number of hydrogen-bond donors (Lipinski definition) is 4. The van der Waals surface area contributed by atoms with Crippen molar-refractivity contribution >= 4 is 28.9 Å². The zero-order chi connectivity index (χ0) is 22.7. The molecule has 0 aromatic carbocycles. The first-order valence-corrected chi connectivity index (χ1v) is 11.1. The Balaban J connectivity index is 1.58. The SMILES string of the molecule is CN1CCN(c2cncc(Nc3nc(NC4CCCC[C@@H]4N)c(F)cc3C(N)=O)c2)CC1. The van der Waals surface area contributed by atoms with Gasteiger partial charge < -0.3 is 31.9 Å². The van der Waals surface area contributed by atoms with Gasteiger partial charge in [-0.1, -0.05) is 12.8 Å². The molecule has 0 spiro atoms. The Labute approximate surface area is 187 Å². The van der Waals surface area contributed by atoms with Crippen LogP contribution in [0.3, 0.4) is 0 Å². The highest BCUT2D eigenvalue weighted by atomic mass is 19.1. The Morgan fingerprint density at radius 2 is 1.88 bits per heavy atom. The van der Waals surface area contributed by atoms with Gasteiger partial charge in [-0.2, -0.15) is 0 Å². The van der Waals surface area contributed by atoms with Gasteiger partial charge in [-0.15, -0.1) is 0 Å². The van der Waals surface area contributed by atoms with E-state index in [-0.39, 0.29) is 29.3 Å². The molecule has 32 heavy (non-hydrogen) atoms. The summed E-state index contributed by atoms with van der Waals surface area (Å²) in [7, 11) is 2.10. The predicted molar refractivity (Wildman–Crippen MR) is 124 cm³/mol. The van der Waals surface area contributed by atoms with E-state index in [4.69, 9.17) is 11.5 Å². The Hall–Kier alpha value is -2.98. The van der Waals surface area contributed by atoms with Crippen LogP contribution in [0, 0.1) is 5.82 Å². The topological polar surface area (TPSA) is 125 Å². The summed E-state index contributed by atoms with van der Waals surface area (Å²) in [6.07, 6.45) is 7.27. The van der Waals surface area contributed by atoms with E-state index in [2.05, 4.69) is 37.4 Å². The summed E-state index contributed by atoms with van der Waals surface area (Å²) in [5.41, 5.74) is 13.3.